The average molecular weight is 230 g/mol. The Bertz CT molecular complexity index is 211. The molecule has 0 bridgehead atoms. The molecule has 1 fully saturated rings. The highest BCUT2D eigenvalue weighted by Gasteiger charge is 2.24. The quantitative estimate of drug-likeness (QED) is 0.760. The molecule has 3 unspecified atom stereocenters. The number of carbonyl (C=O) groups is 1. The van der Waals surface area contributed by atoms with E-state index in [0.717, 1.165) is 25.3 Å². The third-order valence-corrected chi connectivity index (χ3v) is 3.81. The van der Waals surface area contributed by atoms with Gasteiger partial charge in [0.15, 0.2) is 0 Å². The van der Waals surface area contributed by atoms with Crippen molar-refractivity contribution >= 4 is 17.7 Å². The lowest BCUT2D eigenvalue weighted by molar-refractivity contribution is -0.125. The van der Waals surface area contributed by atoms with Crippen LogP contribution in [-0.2, 0) is 4.79 Å². The van der Waals surface area contributed by atoms with Gasteiger partial charge in [-0.15, -0.1) is 0 Å². The Labute approximate surface area is 96.8 Å². The Kier molecular flexibility index (Phi) is 5.47. The smallest absolute Gasteiger partial charge is 0.223 e. The first-order chi connectivity index (χ1) is 7.15. The Morgan fingerprint density at radius 2 is 2.40 bits per heavy atom. The summed E-state index contributed by atoms with van der Waals surface area (Å²) in [5, 5.41) is 6.50. The first-order valence-electron chi connectivity index (χ1n) is 5.65. The number of piperidine rings is 1. The molecule has 0 spiro atoms. The maximum Gasteiger partial charge on any atom is 0.223 e. The summed E-state index contributed by atoms with van der Waals surface area (Å²) in [6.07, 6.45) is 3.09. The molecule has 3 atom stereocenters. The van der Waals surface area contributed by atoms with Crippen molar-refractivity contribution in [1.82, 2.24) is 10.6 Å². The standard InChI is InChI=1S/C11H22N2OS/c1-8-6-12-5-4-10(8)13-11(14)9(2)7-15-3/h8-10,12H,4-7H2,1-3H3,(H,13,14). The first kappa shape index (κ1) is 12.8. The first-order valence-corrected chi connectivity index (χ1v) is 7.04. The highest BCUT2D eigenvalue weighted by Crippen LogP contribution is 2.12. The summed E-state index contributed by atoms with van der Waals surface area (Å²) in [4.78, 5) is 11.8. The van der Waals surface area contributed by atoms with Crippen molar-refractivity contribution in [3.8, 4) is 0 Å². The number of amides is 1. The van der Waals surface area contributed by atoms with Crippen LogP contribution >= 0.6 is 11.8 Å². The fourth-order valence-electron chi connectivity index (χ4n) is 1.88. The molecule has 4 heteroatoms. The summed E-state index contributed by atoms with van der Waals surface area (Å²) >= 11 is 1.73. The van der Waals surface area contributed by atoms with Gasteiger partial charge in [-0.2, -0.15) is 11.8 Å². The number of hydrogen-bond donors (Lipinski definition) is 2. The zero-order valence-electron chi connectivity index (χ0n) is 9.88. The molecule has 0 aliphatic carbocycles. The molecule has 0 aromatic carbocycles. The molecule has 1 aliphatic rings. The van der Waals surface area contributed by atoms with Gasteiger partial charge in [0.2, 0.25) is 5.91 Å². The predicted octanol–water partition coefficient (Wildman–Crippen LogP) is 1.10. The van der Waals surface area contributed by atoms with Gasteiger partial charge in [-0.3, -0.25) is 4.79 Å². The van der Waals surface area contributed by atoms with E-state index in [1.165, 1.54) is 0 Å². The van der Waals surface area contributed by atoms with Crippen LogP contribution in [0.2, 0.25) is 0 Å². The summed E-state index contributed by atoms with van der Waals surface area (Å²) in [7, 11) is 0. The lowest BCUT2D eigenvalue weighted by atomic mass is 9.95. The topological polar surface area (TPSA) is 41.1 Å². The number of thioether (sulfide) groups is 1. The predicted molar refractivity (Wildman–Crippen MR) is 66.1 cm³/mol. The largest absolute Gasteiger partial charge is 0.353 e. The van der Waals surface area contributed by atoms with Crippen molar-refractivity contribution in [3.63, 3.8) is 0 Å². The van der Waals surface area contributed by atoms with Gasteiger partial charge in [-0.1, -0.05) is 13.8 Å². The van der Waals surface area contributed by atoms with Crippen LogP contribution < -0.4 is 10.6 Å². The Morgan fingerprint density at radius 1 is 1.67 bits per heavy atom. The Morgan fingerprint density at radius 3 is 3.00 bits per heavy atom. The molecular formula is C11H22N2OS. The van der Waals surface area contributed by atoms with E-state index >= 15 is 0 Å². The van der Waals surface area contributed by atoms with E-state index in [0.29, 0.717) is 12.0 Å². The zero-order chi connectivity index (χ0) is 11.3. The van der Waals surface area contributed by atoms with Crippen LogP contribution in [0.4, 0.5) is 0 Å². The van der Waals surface area contributed by atoms with E-state index in [4.69, 9.17) is 0 Å². The molecular weight excluding hydrogens is 208 g/mol. The lowest BCUT2D eigenvalue weighted by Gasteiger charge is -2.31. The normalized spacial score (nSPS) is 28.5. The lowest BCUT2D eigenvalue weighted by Crippen LogP contribution is -2.49. The van der Waals surface area contributed by atoms with Gasteiger partial charge in [0.25, 0.3) is 0 Å². The average Bonchev–Trinajstić information content (AvgIpc) is 2.21. The maximum absolute atomic E-state index is 11.8. The molecule has 1 rings (SSSR count). The Balaban J connectivity index is 2.35. The SMILES string of the molecule is CSCC(C)C(=O)NC1CCNCC1C. The molecule has 15 heavy (non-hydrogen) atoms. The van der Waals surface area contributed by atoms with E-state index in [1.54, 1.807) is 11.8 Å². The van der Waals surface area contributed by atoms with Crippen LogP contribution in [0.1, 0.15) is 20.3 Å². The van der Waals surface area contributed by atoms with Crippen molar-refractivity contribution in [2.75, 3.05) is 25.1 Å². The van der Waals surface area contributed by atoms with Crippen LogP contribution in [0, 0.1) is 11.8 Å². The second-order valence-corrected chi connectivity index (χ2v) is 5.35. The van der Waals surface area contributed by atoms with Crippen molar-refractivity contribution in [1.29, 1.82) is 0 Å². The fraction of sp³-hybridized carbons (Fsp3) is 0.909. The van der Waals surface area contributed by atoms with Crippen LogP contribution in [-0.4, -0.2) is 37.0 Å². The van der Waals surface area contributed by atoms with E-state index in [9.17, 15) is 4.79 Å². The summed E-state index contributed by atoms with van der Waals surface area (Å²) in [5.41, 5.74) is 0. The number of carbonyl (C=O) groups excluding carboxylic acids is 1. The highest BCUT2D eigenvalue weighted by molar-refractivity contribution is 7.98. The van der Waals surface area contributed by atoms with E-state index in [1.807, 2.05) is 13.2 Å². The Hall–Kier alpha value is -0.220. The summed E-state index contributed by atoms with van der Waals surface area (Å²) in [6, 6.07) is 0.364. The van der Waals surface area contributed by atoms with Gasteiger partial charge in [0.05, 0.1) is 0 Å². The summed E-state index contributed by atoms with van der Waals surface area (Å²) in [5.74, 6) is 1.79. The molecule has 0 aromatic heterocycles. The van der Waals surface area contributed by atoms with Gasteiger partial charge < -0.3 is 10.6 Å². The maximum atomic E-state index is 11.8. The second-order valence-electron chi connectivity index (χ2n) is 4.44. The second kappa shape index (κ2) is 6.38. The van der Waals surface area contributed by atoms with Gasteiger partial charge in [0, 0.05) is 17.7 Å². The molecule has 1 heterocycles. The van der Waals surface area contributed by atoms with E-state index in [-0.39, 0.29) is 11.8 Å². The van der Waals surface area contributed by atoms with Gasteiger partial charge in [-0.05, 0) is 31.7 Å². The monoisotopic (exact) mass is 230 g/mol. The van der Waals surface area contributed by atoms with Crippen molar-refractivity contribution in [2.24, 2.45) is 11.8 Å². The molecule has 3 nitrogen and oxygen atoms in total. The van der Waals surface area contributed by atoms with E-state index in [2.05, 4.69) is 17.6 Å². The minimum absolute atomic E-state index is 0.127. The summed E-state index contributed by atoms with van der Waals surface area (Å²) in [6.45, 7) is 6.22. The molecule has 0 radical (unpaired) electrons. The minimum Gasteiger partial charge on any atom is -0.353 e. The summed E-state index contributed by atoms with van der Waals surface area (Å²) < 4.78 is 0. The van der Waals surface area contributed by atoms with Crippen LogP contribution in [0.3, 0.4) is 0 Å². The zero-order valence-corrected chi connectivity index (χ0v) is 10.7. The number of hydrogen-bond acceptors (Lipinski definition) is 3. The molecule has 2 N–H and O–H groups in total. The minimum atomic E-state index is 0.127. The molecule has 1 saturated heterocycles. The van der Waals surface area contributed by atoms with Crippen LogP contribution in [0.25, 0.3) is 0 Å². The molecule has 1 amide bonds. The molecule has 0 aromatic rings. The fourth-order valence-corrected chi connectivity index (χ4v) is 2.53. The molecule has 88 valence electrons. The van der Waals surface area contributed by atoms with Gasteiger partial charge in [0.1, 0.15) is 0 Å². The van der Waals surface area contributed by atoms with Crippen molar-refractivity contribution in [3.05, 3.63) is 0 Å². The molecule has 0 saturated carbocycles. The third-order valence-electron chi connectivity index (χ3n) is 2.98. The number of nitrogens with one attached hydrogen (secondary N) is 2. The molecule has 1 aliphatic heterocycles. The van der Waals surface area contributed by atoms with Crippen LogP contribution in [0.5, 0.6) is 0 Å². The third kappa shape index (κ3) is 4.03. The highest BCUT2D eigenvalue weighted by atomic mass is 32.2. The van der Waals surface area contributed by atoms with Crippen molar-refractivity contribution in [2.45, 2.75) is 26.3 Å². The van der Waals surface area contributed by atoms with E-state index < -0.39 is 0 Å². The van der Waals surface area contributed by atoms with Gasteiger partial charge >= 0.3 is 0 Å². The van der Waals surface area contributed by atoms with Gasteiger partial charge in [-0.25, -0.2) is 0 Å². The van der Waals surface area contributed by atoms with Crippen molar-refractivity contribution < 1.29 is 4.79 Å². The van der Waals surface area contributed by atoms with Crippen LogP contribution in [0.15, 0.2) is 0 Å². The number of rotatable bonds is 4.